The number of ketones is 1. The standard InChI is InChI=1S/C22H31N3O5S2/c1-3-4-5-6-7-10-13-32(28,29)15-16-14-19(25(2)30-16)23-22(27)20-21(26)17-11-8-9-12-18(17)31-24-20/h8-9,11-12,14,16,20,24H,3-7,10,13,15H2,1-2H3,(H,23,27). The van der Waals surface area contributed by atoms with Crippen molar-refractivity contribution in [2.24, 2.45) is 0 Å². The summed E-state index contributed by atoms with van der Waals surface area (Å²) >= 11 is 1.23. The molecule has 3 rings (SSSR count). The molecular weight excluding hydrogens is 450 g/mol. The van der Waals surface area contributed by atoms with Gasteiger partial charge in [0.2, 0.25) is 0 Å². The number of benzene rings is 1. The Morgan fingerprint density at radius 2 is 1.91 bits per heavy atom. The van der Waals surface area contributed by atoms with Gasteiger partial charge in [0.05, 0.1) is 11.5 Å². The molecule has 1 aromatic rings. The number of unbranched alkanes of at least 4 members (excludes halogenated alkanes) is 5. The lowest BCUT2D eigenvalue weighted by Crippen LogP contribution is -2.49. The summed E-state index contributed by atoms with van der Waals surface area (Å²) in [5.74, 6) is -0.509. The molecule has 2 aliphatic rings. The highest BCUT2D eigenvalue weighted by atomic mass is 32.2. The molecule has 2 aliphatic heterocycles. The number of hydroxylamine groups is 2. The van der Waals surface area contributed by atoms with E-state index in [0.717, 1.165) is 30.6 Å². The largest absolute Gasteiger partial charge is 0.309 e. The maximum atomic E-state index is 12.7. The van der Waals surface area contributed by atoms with Crippen molar-refractivity contribution >= 4 is 33.5 Å². The van der Waals surface area contributed by atoms with Gasteiger partial charge in [-0.25, -0.2) is 18.2 Å². The summed E-state index contributed by atoms with van der Waals surface area (Å²) in [6.07, 6.45) is 6.99. The normalized spacial score (nSPS) is 20.8. The highest BCUT2D eigenvalue weighted by Gasteiger charge is 2.35. The predicted octanol–water partition coefficient (Wildman–Crippen LogP) is 2.83. The van der Waals surface area contributed by atoms with E-state index in [9.17, 15) is 18.0 Å². The zero-order chi connectivity index (χ0) is 23.1. The van der Waals surface area contributed by atoms with Crippen molar-refractivity contribution in [3.05, 3.63) is 41.7 Å². The summed E-state index contributed by atoms with van der Waals surface area (Å²) in [5, 5.41) is 4.01. The van der Waals surface area contributed by atoms with Crippen LogP contribution < -0.4 is 10.0 Å². The van der Waals surface area contributed by atoms with Gasteiger partial charge in [-0.2, -0.15) is 0 Å². The molecule has 0 saturated carbocycles. The maximum absolute atomic E-state index is 12.7. The highest BCUT2D eigenvalue weighted by molar-refractivity contribution is 7.97. The Morgan fingerprint density at radius 1 is 1.19 bits per heavy atom. The Kier molecular flexibility index (Phi) is 8.75. The van der Waals surface area contributed by atoms with E-state index >= 15 is 0 Å². The third-order valence-corrected chi connectivity index (χ3v) is 8.10. The van der Waals surface area contributed by atoms with E-state index in [4.69, 9.17) is 4.84 Å². The summed E-state index contributed by atoms with van der Waals surface area (Å²) in [6.45, 7) is 2.15. The molecule has 0 bridgehead atoms. The van der Waals surface area contributed by atoms with Crippen LogP contribution in [-0.2, 0) is 19.5 Å². The minimum atomic E-state index is -3.27. The fourth-order valence-corrected chi connectivity index (χ4v) is 6.02. The van der Waals surface area contributed by atoms with Gasteiger partial charge in [-0.15, -0.1) is 0 Å². The number of carbonyl (C=O) groups is 2. The van der Waals surface area contributed by atoms with Crippen molar-refractivity contribution in [1.82, 2.24) is 15.1 Å². The van der Waals surface area contributed by atoms with E-state index in [0.29, 0.717) is 17.8 Å². The lowest BCUT2D eigenvalue weighted by molar-refractivity contribution is -0.129. The van der Waals surface area contributed by atoms with Crippen LogP contribution in [0.15, 0.2) is 41.1 Å². The third-order valence-electron chi connectivity index (χ3n) is 5.42. The average Bonchev–Trinajstić information content (AvgIpc) is 3.08. The van der Waals surface area contributed by atoms with Crippen molar-refractivity contribution in [2.75, 3.05) is 18.6 Å². The number of amides is 1. The lowest BCUT2D eigenvalue weighted by Gasteiger charge is -2.24. The van der Waals surface area contributed by atoms with Gasteiger partial charge in [-0.3, -0.25) is 14.4 Å². The number of nitrogens with zero attached hydrogens (tertiary/aromatic N) is 1. The van der Waals surface area contributed by atoms with Crippen LogP contribution in [0.25, 0.3) is 0 Å². The molecule has 0 radical (unpaired) electrons. The van der Waals surface area contributed by atoms with Crippen LogP contribution in [0.4, 0.5) is 0 Å². The maximum Gasteiger partial charge on any atom is 0.251 e. The second-order valence-electron chi connectivity index (χ2n) is 8.08. The molecule has 1 amide bonds. The van der Waals surface area contributed by atoms with Crippen LogP contribution in [0.1, 0.15) is 55.8 Å². The van der Waals surface area contributed by atoms with Crippen molar-refractivity contribution in [2.45, 2.75) is 62.5 Å². The first-order valence-electron chi connectivity index (χ1n) is 11.0. The summed E-state index contributed by atoms with van der Waals surface area (Å²) in [7, 11) is -1.68. The lowest BCUT2D eigenvalue weighted by atomic mass is 10.0. The summed E-state index contributed by atoms with van der Waals surface area (Å²) in [4.78, 5) is 31.7. The number of fused-ring (bicyclic) bond motifs is 1. The quantitative estimate of drug-likeness (QED) is 0.282. The fraction of sp³-hybridized carbons (Fsp3) is 0.545. The minimum Gasteiger partial charge on any atom is -0.309 e. The number of hydrogen-bond acceptors (Lipinski definition) is 8. The van der Waals surface area contributed by atoms with Gasteiger partial charge < -0.3 is 5.32 Å². The first kappa shape index (κ1) is 24.8. The van der Waals surface area contributed by atoms with E-state index < -0.39 is 27.9 Å². The molecule has 1 aromatic carbocycles. The Morgan fingerprint density at radius 3 is 2.69 bits per heavy atom. The number of nitrogens with one attached hydrogen (secondary N) is 2. The summed E-state index contributed by atoms with van der Waals surface area (Å²) in [5.41, 5.74) is 0.500. The van der Waals surface area contributed by atoms with E-state index in [2.05, 4.69) is 17.0 Å². The van der Waals surface area contributed by atoms with Gasteiger partial charge in [0.1, 0.15) is 11.9 Å². The number of Topliss-reactive ketones (excluding diaryl/α,β-unsaturated/α-hetero) is 1. The van der Waals surface area contributed by atoms with E-state index in [1.807, 2.05) is 12.1 Å². The number of carbonyl (C=O) groups excluding carboxylic acids is 2. The first-order valence-corrected chi connectivity index (χ1v) is 13.6. The number of hydrogen-bond donors (Lipinski definition) is 2. The molecule has 176 valence electrons. The molecule has 0 fully saturated rings. The summed E-state index contributed by atoms with van der Waals surface area (Å²) in [6, 6.07) is 6.06. The molecule has 2 atom stereocenters. The SMILES string of the molecule is CCCCCCCCS(=O)(=O)CC1C=C(NC(=O)C2NSc3ccccc3C2=O)N(C)O1. The van der Waals surface area contributed by atoms with Crippen LogP contribution in [0.5, 0.6) is 0 Å². The number of sulfone groups is 1. The van der Waals surface area contributed by atoms with Gasteiger partial charge >= 0.3 is 0 Å². The zero-order valence-corrected chi connectivity index (χ0v) is 20.1. The average molecular weight is 482 g/mol. The van der Waals surface area contributed by atoms with E-state index in [-0.39, 0.29) is 17.3 Å². The van der Waals surface area contributed by atoms with Crippen LogP contribution >= 0.6 is 11.9 Å². The van der Waals surface area contributed by atoms with E-state index in [1.165, 1.54) is 23.4 Å². The van der Waals surface area contributed by atoms with Crippen LogP contribution in [0.2, 0.25) is 0 Å². The Bertz CT molecular complexity index is 964. The topological polar surface area (TPSA) is 105 Å². The van der Waals surface area contributed by atoms with Gasteiger partial charge in [-0.1, -0.05) is 57.2 Å². The molecule has 0 aliphatic carbocycles. The van der Waals surface area contributed by atoms with Crippen molar-refractivity contribution in [3.8, 4) is 0 Å². The highest BCUT2D eigenvalue weighted by Crippen LogP contribution is 2.27. The van der Waals surface area contributed by atoms with Crippen molar-refractivity contribution in [1.29, 1.82) is 0 Å². The van der Waals surface area contributed by atoms with Gasteiger partial charge in [0.25, 0.3) is 5.91 Å². The van der Waals surface area contributed by atoms with Crippen molar-refractivity contribution < 1.29 is 22.8 Å². The molecule has 2 N–H and O–H groups in total. The van der Waals surface area contributed by atoms with Gasteiger partial charge in [0, 0.05) is 17.5 Å². The summed E-state index contributed by atoms with van der Waals surface area (Å²) < 4.78 is 27.8. The third kappa shape index (κ3) is 6.57. The first-order chi connectivity index (χ1) is 15.3. The monoisotopic (exact) mass is 481 g/mol. The Labute approximate surface area is 194 Å². The fourth-order valence-electron chi connectivity index (χ4n) is 3.67. The molecule has 2 unspecified atom stereocenters. The number of rotatable bonds is 11. The Balaban J connectivity index is 1.52. The van der Waals surface area contributed by atoms with Crippen LogP contribution in [-0.4, -0.2) is 55.9 Å². The molecule has 32 heavy (non-hydrogen) atoms. The van der Waals surface area contributed by atoms with Gasteiger partial charge in [-0.05, 0) is 30.5 Å². The van der Waals surface area contributed by atoms with E-state index in [1.54, 1.807) is 25.3 Å². The second kappa shape index (κ2) is 11.3. The van der Waals surface area contributed by atoms with Crippen molar-refractivity contribution in [3.63, 3.8) is 0 Å². The van der Waals surface area contributed by atoms with Gasteiger partial charge in [0.15, 0.2) is 21.7 Å². The molecule has 0 spiro atoms. The molecule has 10 heteroatoms. The molecule has 2 heterocycles. The minimum absolute atomic E-state index is 0.134. The smallest absolute Gasteiger partial charge is 0.251 e. The Hall–Kier alpha value is -1.88. The predicted molar refractivity (Wildman–Crippen MR) is 124 cm³/mol. The zero-order valence-electron chi connectivity index (χ0n) is 18.5. The molecule has 0 aromatic heterocycles. The molecule has 0 saturated heterocycles. The molecule has 8 nitrogen and oxygen atoms in total. The second-order valence-corrected chi connectivity index (χ2v) is 11.2. The molecular formula is C22H31N3O5S2. The van der Waals surface area contributed by atoms with Crippen LogP contribution in [0.3, 0.4) is 0 Å². The van der Waals surface area contributed by atoms with Crippen LogP contribution in [0, 0.1) is 0 Å².